The Balaban J connectivity index is 1.38. The highest BCUT2D eigenvalue weighted by atomic mass is 16.7. The molecular weight excluding hydrogens is 592 g/mol. The van der Waals surface area contributed by atoms with Gasteiger partial charge in [0.25, 0.3) is 0 Å². The summed E-state index contributed by atoms with van der Waals surface area (Å²) < 4.78 is 19.4. The highest BCUT2D eigenvalue weighted by Crippen LogP contribution is 2.76. The van der Waals surface area contributed by atoms with E-state index in [1.165, 1.54) is 0 Å². The smallest absolute Gasteiger partial charge is 0.186 e. The van der Waals surface area contributed by atoms with Crippen LogP contribution in [0.3, 0.4) is 0 Å². The third kappa shape index (κ3) is 4.94. The Morgan fingerprint density at radius 3 is 2.11 bits per heavy atom. The van der Waals surface area contributed by atoms with Crippen LogP contribution in [0.2, 0.25) is 0 Å². The molecule has 1 unspecified atom stereocenters. The predicted molar refractivity (Wildman–Crippen MR) is 169 cm³/mol. The SMILES string of the molecule is CC(C)(O)[C@H]1CC[C@@](C)(C2CC[C@]3(C)[C@@H]2[C@H](O)C[C@@H]2[C@@]4(C)CC[C@H](O)C(C)(C)[C@@H]4[C@@H](O[C@@H]4O[C@H](CO)[C@@H](O)[C@H](O)[C@H]4O)C[C@]23C)O1. The average molecular weight is 655 g/mol. The first-order chi connectivity index (χ1) is 21.2. The summed E-state index contributed by atoms with van der Waals surface area (Å²) in [5.41, 5.74) is -2.83. The van der Waals surface area contributed by atoms with Gasteiger partial charge >= 0.3 is 0 Å². The van der Waals surface area contributed by atoms with Crippen molar-refractivity contribution in [2.24, 2.45) is 45.3 Å². The second kappa shape index (κ2) is 11.3. The minimum atomic E-state index is -1.54. The molecule has 2 aliphatic heterocycles. The quantitative estimate of drug-likeness (QED) is 0.219. The fourth-order valence-electron chi connectivity index (χ4n) is 12.7. The Bertz CT molecular complexity index is 1140. The number of aliphatic hydroxyl groups excluding tert-OH is 6. The van der Waals surface area contributed by atoms with Gasteiger partial charge in [0, 0.05) is 0 Å². The first-order valence-electron chi connectivity index (χ1n) is 17.9. The summed E-state index contributed by atoms with van der Waals surface area (Å²) >= 11 is 0. The van der Waals surface area contributed by atoms with Crippen LogP contribution in [0.5, 0.6) is 0 Å². The molecule has 10 nitrogen and oxygen atoms in total. The average Bonchev–Trinajstić information content (AvgIpc) is 3.55. The topological polar surface area (TPSA) is 169 Å². The minimum Gasteiger partial charge on any atom is -0.394 e. The number of ether oxygens (including phenoxy) is 3. The van der Waals surface area contributed by atoms with Crippen LogP contribution < -0.4 is 0 Å². The molecule has 17 atom stereocenters. The van der Waals surface area contributed by atoms with Gasteiger partial charge < -0.3 is 50.0 Å². The lowest BCUT2D eigenvalue weighted by Gasteiger charge is -2.72. The maximum absolute atomic E-state index is 12.2. The lowest BCUT2D eigenvalue weighted by Crippen LogP contribution is -2.71. The molecule has 0 spiro atoms. The fourth-order valence-corrected chi connectivity index (χ4v) is 12.7. The Morgan fingerprint density at radius 2 is 1.50 bits per heavy atom. The first kappa shape index (κ1) is 35.4. The van der Waals surface area contributed by atoms with Gasteiger partial charge in [0.2, 0.25) is 0 Å². The van der Waals surface area contributed by atoms with E-state index in [-0.39, 0.29) is 46.0 Å². The maximum atomic E-state index is 12.2. The Morgan fingerprint density at radius 1 is 0.826 bits per heavy atom. The summed E-state index contributed by atoms with van der Waals surface area (Å²) in [5, 5.41) is 76.4. The maximum Gasteiger partial charge on any atom is 0.186 e. The molecule has 0 aromatic carbocycles. The molecule has 4 saturated carbocycles. The molecule has 6 fully saturated rings. The van der Waals surface area contributed by atoms with Crippen molar-refractivity contribution < 1.29 is 50.0 Å². The van der Waals surface area contributed by atoms with Crippen molar-refractivity contribution in [1.82, 2.24) is 0 Å². The van der Waals surface area contributed by atoms with E-state index in [0.29, 0.717) is 19.3 Å². The molecule has 4 aliphatic carbocycles. The number of aliphatic hydroxyl groups is 7. The normalized spacial score (nSPS) is 57.1. The van der Waals surface area contributed by atoms with Gasteiger partial charge in [-0.25, -0.2) is 0 Å². The minimum absolute atomic E-state index is 0.0189. The zero-order chi connectivity index (χ0) is 34.0. The third-order valence-corrected chi connectivity index (χ3v) is 15.3. The summed E-state index contributed by atoms with van der Waals surface area (Å²) in [6.45, 7) is 16.4. The number of fused-ring (bicyclic) bond motifs is 5. The molecule has 6 aliphatic rings. The molecule has 10 heteroatoms. The second-order valence-corrected chi connectivity index (χ2v) is 18.4. The molecule has 0 aromatic rings. The van der Waals surface area contributed by atoms with Crippen molar-refractivity contribution in [3.8, 4) is 0 Å². The standard InChI is InChI=1S/C36H62O10/c1-31(2)23(39)10-12-33(5)22-15-19(38)25-18(36(8)14-11-24(46-36)32(3,4)43)9-13-34(25,6)35(22,7)16-20(29(31)33)44-30-28(42)27(41)26(40)21(17-37)45-30/h18-30,37-43H,9-17H2,1-8H3/t18?,19-,20+,21-,22-,23+,24-,25+,26-,27+,28-,29+,30-,33-,34-,35-,36+/m1/s1. The molecule has 7 N–H and O–H groups in total. The van der Waals surface area contributed by atoms with Crippen LogP contribution >= 0.6 is 0 Å². The largest absolute Gasteiger partial charge is 0.394 e. The van der Waals surface area contributed by atoms with Crippen molar-refractivity contribution >= 4 is 0 Å². The molecule has 2 heterocycles. The highest BCUT2D eigenvalue weighted by molar-refractivity contribution is 5.22. The number of rotatable bonds is 5. The van der Waals surface area contributed by atoms with Crippen molar-refractivity contribution in [1.29, 1.82) is 0 Å². The molecular formula is C36H62O10. The van der Waals surface area contributed by atoms with Gasteiger partial charge in [-0.1, -0.05) is 34.6 Å². The Hall–Kier alpha value is -0.400. The number of hydrogen-bond donors (Lipinski definition) is 7. The zero-order valence-corrected chi connectivity index (χ0v) is 29.2. The number of hydrogen-bond acceptors (Lipinski definition) is 10. The van der Waals surface area contributed by atoms with Crippen LogP contribution in [-0.4, -0.2) is 109 Å². The fraction of sp³-hybridized carbons (Fsp3) is 1.00. The van der Waals surface area contributed by atoms with Gasteiger partial charge in [-0.15, -0.1) is 0 Å². The Kier molecular flexibility index (Phi) is 8.71. The zero-order valence-electron chi connectivity index (χ0n) is 29.2. The second-order valence-electron chi connectivity index (χ2n) is 18.4. The van der Waals surface area contributed by atoms with E-state index in [4.69, 9.17) is 14.2 Å². The Labute approximate surface area is 274 Å². The van der Waals surface area contributed by atoms with Gasteiger partial charge in [0.1, 0.15) is 24.4 Å². The summed E-state index contributed by atoms with van der Waals surface area (Å²) in [7, 11) is 0. The van der Waals surface area contributed by atoms with Crippen LogP contribution in [0.1, 0.15) is 107 Å². The van der Waals surface area contributed by atoms with Crippen LogP contribution in [-0.2, 0) is 14.2 Å². The molecule has 0 amide bonds. The summed E-state index contributed by atoms with van der Waals surface area (Å²) in [6.07, 6.45) is -2.57. The van der Waals surface area contributed by atoms with Crippen molar-refractivity contribution in [3.63, 3.8) is 0 Å². The van der Waals surface area contributed by atoms with E-state index in [2.05, 4.69) is 41.5 Å². The van der Waals surface area contributed by atoms with Gasteiger partial charge in [-0.2, -0.15) is 0 Å². The van der Waals surface area contributed by atoms with Crippen LogP contribution in [0.15, 0.2) is 0 Å². The van der Waals surface area contributed by atoms with Crippen molar-refractivity contribution in [2.75, 3.05) is 6.61 Å². The van der Waals surface area contributed by atoms with E-state index in [9.17, 15) is 35.7 Å². The van der Waals surface area contributed by atoms with Gasteiger partial charge in [-0.05, 0) is 117 Å². The first-order valence-corrected chi connectivity index (χ1v) is 17.9. The molecule has 266 valence electrons. The molecule has 0 radical (unpaired) electrons. The lowest BCUT2D eigenvalue weighted by molar-refractivity contribution is -0.347. The highest BCUT2D eigenvalue weighted by Gasteiger charge is 2.74. The lowest BCUT2D eigenvalue weighted by atomic mass is 9.34. The van der Waals surface area contributed by atoms with Gasteiger partial charge in [0.05, 0.1) is 42.2 Å². The van der Waals surface area contributed by atoms with Crippen LogP contribution in [0.4, 0.5) is 0 Å². The summed E-state index contributed by atoms with van der Waals surface area (Å²) in [4.78, 5) is 0. The molecule has 0 bridgehead atoms. The summed E-state index contributed by atoms with van der Waals surface area (Å²) in [6, 6.07) is 0. The van der Waals surface area contributed by atoms with E-state index in [1.54, 1.807) is 13.8 Å². The predicted octanol–water partition coefficient (Wildman–Crippen LogP) is 2.51. The van der Waals surface area contributed by atoms with Crippen molar-refractivity contribution in [3.05, 3.63) is 0 Å². The van der Waals surface area contributed by atoms with Gasteiger partial charge in [-0.3, -0.25) is 0 Å². The van der Waals surface area contributed by atoms with Crippen LogP contribution in [0, 0.1) is 45.3 Å². The molecule has 6 rings (SSSR count). The molecule has 46 heavy (non-hydrogen) atoms. The van der Waals surface area contributed by atoms with Crippen molar-refractivity contribution in [2.45, 2.75) is 173 Å². The van der Waals surface area contributed by atoms with E-state index >= 15 is 0 Å². The van der Waals surface area contributed by atoms with E-state index in [1.807, 2.05) is 0 Å². The molecule has 2 saturated heterocycles. The summed E-state index contributed by atoms with van der Waals surface area (Å²) in [5.74, 6) is 0.0944. The van der Waals surface area contributed by atoms with E-state index in [0.717, 1.165) is 32.1 Å². The van der Waals surface area contributed by atoms with Gasteiger partial charge in [0.15, 0.2) is 6.29 Å². The third-order valence-electron chi connectivity index (χ3n) is 15.3. The van der Waals surface area contributed by atoms with Crippen LogP contribution in [0.25, 0.3) is 0 Å². The van der Waals surface area contributed by atoms with E-state index < -0.39 is 72.2 Å². The monoisotopic (exact) mass is 654 g/mol. The molecule has 0 aromatic heterocycles.